The molecule has 6 heteroatoms. The molecule has 4 nitrogen and oxygen atoms in total. The van der Waals surface area contributed by atoms with Gasteiger partial charge in [0.1, 0.15) is 6.61 Å². The van der Waals surface area contributed by atoms with Crippen LogP contribution in [0.15, 0.2) is 16.9 Å². The maximum Gasteiger partial charge on any atom is 0.259 e. The highest BCUT2D eigenvalue weighted by Crippen LogP contribution is 2.25. The highest BCUT2D eigenvalue weighted by Gasteiger charge is 2.24. The van der Waals surface area contributed by atoms with Crippen molar-refractivity contribution in [2.24, 2.45) is 0 Å². The van der Waals surface area contributed by atoms with Gasteiger partial charge in [0.2, 0.25) is 0 Å². The van der Waals surface area contributed by atoms with Crippen LogP contribution in [0.5, 0.6) is 0 Å². The van der Waals surface area contributed by atoms with Crippen LogP contribution in [0.2, 0.25) is 0 Å². The third kappa shape index (κ3) is 1.39. The van der Waals surface area contributed by atoms with E-state index in [1.807, 2.05) is 0 Å². The summed E-state index contributed by atoms with van der Waals surface area (Å²) in [5.41, 5.74) is -0.261. The zero-order valence-electron chi connectivity index (χ0n) is 9.05. The van der Waals surface area contributed by atoms with Crippen LogP contribution in [0.4, 0.5) is 8.78 Å². The number of hydrogen-bond donors (Lipinski definition) is 1. The second-order valence-electron chi connectivity index (χ2n) is 4.01. The molecule has 0 unspecified atom stereocenters. The van der Waals surface area contributed by atoms with Gasteiger partial charge in [-0.2, -0.15) is 0 Å². The van der Waals surface area contributed by atoms with Crippen molar-refractivity contribution in [2.45, 2.75) is 6.61 Å². The third-order valence-corrected chi connectivity index (χ3v) is 2.92. The highest BCUT2D eigenvalue weighted by molar-refractivity contribution is 6.09. The van der Waals surface area contributed by atoms with Crippen LogP contribution < -0.4 is 5.56 Å². The summed E-state index contributed by atoms with van der Waals surface area (Å²) >= 11 is 0. The van der Waals surface area contributed by atoms with Crippen LogP contribution in [-0.4, -0.2) is 17.4 Å². The second-order valence-corrected chi connectivity index (χ2v) is 4.01. The number of hydrogen-bond acceptors (Lipinski definition) is 3. The number of ether oxygens (including phenoxy) is 1. The van der Waals surface area contributed by atoms with Crippen LogP contribution in [0.1, 0.15) is 16.1 Å². The lowest BCUT2D eigenvalue weighted by Crippen LogP contribution is -2.24. The molecule has 0 saturated carbocycles. The Morgan fingerprint density at radius 1 is 1.17 bits per heavy atom. The summed E-state index contributed by atoms with van der Waals surface area (Å²) < 4.78 is 31.7. The first-order valence-corrected chi connectivity index (χ1v) is 5.23. The van der Waals surface area contributed by atoms with Gasteiger partial charge in [0.05, 0.1) is 17.7 Å². The molecule has 0 radical (unpaired) electrons. The predicted molar refractivity (Wildman–Crippen MR) is 58.5 cm³/mol. The van der Waals surface area contributed by atoms with E-state index >= 15 is 0 Å². The van der Waals surface area contributed by atoms with Gasteiger partial charge in [-0.15, -0.1) is 0 Å². The van der Waals surface area contributed by atoms with E-state index in [4.69, 9.17) is 4.74 Å². The number of pyridine rings is 1. The van der Waals surface area contributed by atoms with Crippen LogP contribution in [0.3, 0.4) is 0 Å². The number of nitrogens with one attached hydrogen (secondary N) is 1. The van der Waals surface area contributed by atoms with Crippen molar-refractivity contribution >= 4 is 16.6 Å². The number of carbonyl (C=O) groups excluding carboxylic acids is 1. The average molecular weight is 251 g/mol. The first-order valence-electron chi connectivity index (χ1n) is 5.23. The summed E-state index contributed by atoms with van der Waals surface area (Å²) in [5.74, 6) is -2.72. The fourth-order valence-electron chi connectivity index (χ4n) is 2.15. The summed E-state index contributed by atoms with van der Waals surface area (Å²) in [7, 11) is 0. The van der Waals surface area contributed by atoms with Gasteiger partial charge in [-0.1, -0.05) is 6.07 Å². The van der Waals surface area contributed by atoms with E-state index in [2.05, 4.69) is 4.98 Å². The van der Waals surface area contributed by atoms with Crippen LogP contribution in [0, 0.1) is 11.6 Å². The van der Waals surface area contributed by atoms with Crippen molar-refractivity contribution in [2.75, 3.05) is 6.61 Å². The third-order valence-electron chi connectivity index (χ3n) is 2.92. The lowest BCUT2D eigenvalue weighted by atomic mass is 9.99. The Morgan fingerprint density at radius 2 is 1.94 bits per heavy atom. The molecule has 1 aromatic heterocycles. The topological polar surface area (TPSA) is 59.2 Å². The number of H-pyrrole nitrogens is 1. The first kappa shape index (κ1) is 11.0. The van der Waals surface area contributed by atoms with E-state index in [9.17, 15) is 18.4 Å². The van der Waals surface area contributed by atoms with Gasteiger partial charge in [-0.25, -0.2) is 8.78 Å². The smallest absolute Gasteiger partial charge is 0.259 e. The number of fused-ring (bicyclic) bond motifs is 3. The Bertz CT molecular complexity index is 736. The minimum absolute atomic E-state index is 0.0747. The number of benzene rings is 1. The quantitative estimate of drug-likeness (QED) is 0.772. The molecule has 1 aliphatic rings. The average Bonchev–Trinajstić information content (AvgIpc) is 2.33. The molecule has 1 N–H and O–H groups in total. The zero-order valence-corrected chi connectivity index (χ0v) is 9.05. The number of halogens is 2. The van der Waals surface area contributed by atoms with Gasteiger partial charge in [-0.3, -0.25) is 9.59 Å². The predicted octanol–water partition coefficient (Wildman–Crippen LogP) is 1.52. The standard InChI is InChI=1S/C12H7F2NO3/c13-6-2-1-5-9-7(3-18-4-8(9)16)15-12(17)10(5)11(6)14/h1-2H,3-4H2,(H,15,17). The number of ketones is 1. The van der Waals surface area contributed by atoms with Crippen molar-refractivity contribution in [1.82, 2.24) is 4.98 Å². The van der Waals surface area contributed by atoms with Crippen LogP contribution >= 0.6 is 0 Å². The molecule has 1 aliphatic heterocycles. The molecule has 3 rings (SSSR count). The van der Waals surface area contributed by atoms with Gasteiger partial charge in [-0.05, 0) is 6.07 Å². The zero-order chi connectivity index (χ0) is 12.9. The van der Waals surface area contributed by atoms with Crippen molar-refractivity contribution in [3.63, 3.8) is 0 Å². The van der Waals surface area contributed by atoms with Crippen LogP contribution in [-0.2, 0) is 11.3 Å². The normalized spacial score (nSPS) is 14.9. The Balaban J connectivity index is 2.53. The van der Waals surface area contributed by atoms with Crippen molar-refractivity contribution in [3.05, 3.63) is 45.4 Å². The molecule has 0 atom stereocenters. The SMILES string of the molecule is O=C1COCc2[nH]c(=O)c3c(F)c(F)ccc3c21. The van der Waals surface area contributed by atoms with E-state index in [0.717, 1.165) is 6.07 Å². The summed E-state index contributed by atoms with van der Waals surface area (Å²) in [4.78, 5) is 25.8. The van der Waals surface area contributed by atoms with E-state index in [1.165, 1.54) is 6.07 Å². The summed E-state index contributed by atoms with van der Waals surface area (Å²) in [6.07, 6.45) is 0. The Morgan fingerprint density at radius 3 is 2.72 bits per heavy atom. The molecule has 0 saturated heterocycles. The number of carbonyl (C=O) groups is 1. The molecule has 92 valence electrons. The first-order chi connectivity index (χ1) is 8.59. The van der Waals surface area contributed by atoms with E-state index < -0.39 is 22.6 Å². The number of aromatic nitrogens is 1. The van der Waals surface area contributed by atoms with Gasteiger partial charge in [0.25, 0.3) is 5.56 Å². The van der Waals surface area contributed by atoms with E-state index in [1.54, 1.807) is 0 Å². The minimum atomic E-state index is -1.24. The number of aromatic amines is 1. The van der Waals surface area contributed by atoms with Gasteiger partial charge < -0.3 is 9.72 Å². The molecule has 0 spiro atoms. The van der Waals surface area contributed by atoms with E-state index in [-0.39, 0.29) is 29.9 Å². The van der Waals surface area contributed by atoms with Gasteiger partial charge in [0.15, 0.2) is 17.4 Å². The van der Waals surface area contributed by atoms with Crippen molar-refractivity contribution in [3.8, 4) is 0 Å². The van der Waals surface area contributed by atoms with Crippen molar-refractivity contribution < 1.29 is 18.3 Å². The summed E-state index contributed by atoms with van der Waals surface area (Å²) in [5, 5.41) is -0.301. The molecule has 0 bridgehead atoms. The lowest BCUT2D eigenvalue weighted by molar-refractivity contribution is 0.0657. The highest BCUT2D eigenvalue weighted by atomic mass is 19.2. The Labute approximate surface area is 99.2 Å². The van der Waals surface area contributed by atoms with Gasteiger partial charge >= 0.3 is 0 Å². The maximum atomic E-state index is 13.6. The fourth-order valence-corrected chi connectivity index (χ4v) is 2.15. The molecule has 2 heterocycles. The van der Waals surface area contributed by atoms with E-state index in [0.29, 0.717) is 5.69 Å². The Kier molecular flexibility index (Phi) is 2.27. The summed E-state index contributed by atoms with van der Waals surface area (Å²) in [6, 6.07) is 2.14. The van der Waals surface area contributed by atoms with Crippen LogP contribution in [0.25, 0.3) is 10.8 Å². The summed E-state index contributed by atoms with van der Waals surface area (Å²) in [6.45, 7) is -0.0572. The number of rotatable bonds is 0. The van der Waals surface area contributed by atoms with Crippen molar-refractivity contribution in [1.29, 1.82) is 0 Å². The van der Waals surface area contributed by atoms with Gasteiger partial charge in [0, 0.05) is 10.9 Å². The number of Topliss-reactive ketones (excluding diaryl/α,β-unsaturated/α-hetero) is 1. The molecule has 2 aromatic rings. The molecule has 0 aliphatic carbocycles. The monoisotopic (exact) mass is 251 g/mol. The molecule has 18 heavy (non-hydrogen) atoms. The maximum absolute atomic E-state index is 13.6. The molecule has 0 amide bonds. The molecule has 1 aromatic carbocycles. The molecular weight excluding hydrogens is 244 g/mol. The molecular formula is C12H7F2NO3. The minimum Gasteiger partial charge on any atom is -0.367 e. The fraction of sp³-hybridized carbons (Fsp3) is 0.167. The largest absolute Gasteiger partial charge is 0.367 e. The lowest BCUT2D eigenvalue weighted by Gasteiger charge is -2.17. The Hall–Kier alpha value is -2.08. The second kappa shape index (κ2) is 3.71. The molecule has 0 fully saturated rings.